The van der Waals surface area contributed by atoms with Gasteiger partial charge in [-0.3, -0.25) is 4.79 Å². The van der Waals surface area contributed by atoms with Crippen molar-refractivity contribution in [3.8, 4) is 0 Å². The van der Waals surface area contributed by atoms with Gasteiger partial charge in [-0.25, -0.2) is 0 Å². The summed E-state index contributed by atoms with van der Waals surface area (Å²) < 4.78 is 0. The molecule has 2 fully saturated rings. The molecule has 0 bridgehead atoms. The first-order valence-corrected chi connectivity index (χ1v) is 6.33. The van der Waals surface area contributed by atoms with Crippen molar-refractivity contribution in [3.05, 3.63) is 0 Å². The Hall–Kier alpha value is -0.610. The third-order valence-corrected chi connectivity index (χ3v) is 3.91. The highest BCUT2D eigenvalue weighted by Crippen LogP contribution is 2.23. The Kier molecular flexibility index (Phi) is 3.82. The topological polar surface area (TPSA) is 52.6 Å². The molecule has 0 aromatic rings. The van der Waals surface area contributed by atoms with E-state index in [1.807, 2.05) is 7.05 Å². The van der Waals surface area contributed by atoms with E-state index in [9.17, 15) is 9.90 Å². The molecular formula is C12H22N2O2. The van der Waals surface area contributed by atoms with E-state index >= 15 is 0 Å². The van der Waals surface area contributed by atoms with Crippen LogP contribution in [0.15, 0.2) is 0 Å². The Bertz CT molecular complexity index is 253. The van der Waals surface area contributed by atoms with Gasteiger partial charge in [-0.1, -0.05) is 12.8 Å². The monoisotopic (exact) mass is 226 g/mol. The summed E-state index contributed by atoms with van der Waals surface area (Å²) >= 11 is 0. The summed E-state index contributed by atoms with van der Waals surface area (Å²) in [6.07, 6.45) is 4.32. The van der Waals surface area contributed by atoms with Crippen molar-refractivity contribution in [2.45, 2.75) is 44.2 Å². The number of carbonyl (C=O) groups excluding carboxylic acids is 1. The summed E-state index contributed by atoms with van der Waals surface area (Å²) in [4.78, 5) is 13.8. The van der Waals surface area contributed by atoms with Gasteiger partial charge in [0.15, 0.2) is 0 Å². The van der Waals surface area contributed by atoms with Crippen molar-refractivity contribution >= 4 is 5.91 Å². The average Bonchev–Trinajstić information content (AvgIpc) is 2.23. The van der Waals surface area contributed by atoms with Gasteiger partial charge in [-0.2, -0.15) is 0 Å². The Morgan fingerprint density at radius 1 is 1.38 bits per heavy atom. The molecule has 2 aliphatic rings. The summed E-state index contributed by atoms with van der Waals surface area (Å²) in [6.45, 7) is 1.93. The first kappa shape index (κ1) is 11.9. The van der Waals surface area contributed by atoms with Gasteiger partial charge < -0.3 is 15.3 Å². The lowest BCUT2D eigenvalue weighted by molar-refractivity contribution is -0.136. The number of rotatable bonds is 3. The van der Waals surface area contributed by atoms with Crippen LogP contribution >= 0.6 is 0 Å². The van der Waals surface area contributed by atoms with Crippen LogP contribution in [0.2, 0.25) is 0 Å². The molecular weight excluding hydrogens is 204 g/mol. The van der Waals surface area contributed by atoms with Crippen molar-refractivity contribution in [3.63, 3.8) is 0 Å². The summed E-state index contributed by atoms with van der Waals surface area (Å²) in [6, 6.07) is 0.0503. The molecule has 1 saturated carbocycles. The summed E-state index contributed by atoms with van der Waals surface area (Å²) in [5.74, 6) is 0.702. The van der Waals surface area contributed by atoms with E-state index in [0.29, 0.717) is 12.3 Å². The highest BCUT2D eigenvalue weighted by atomic mass is 16.3. The van der Waals surface area contributed by atoms with E-state index < -0.39 is 0 Å². The molecule has 0 aromatic heterocycles. The average molecular weight is 226 g/mol. The summed E-state index contributed by atoms with van der Waals surface area (Å²) in [5.41, 5.74) is 0. The van der Waals surface area contributed by atoms with Crippen LogP contribution in [-0.4, -0.2) is 48.2 Å². The summed E-state index contributed by atoms with van der Waals surface area (Å²) in [7, 11) is 1.84. The van der Waals surface area contributed by atoms with Gasteiger partial charge >= 0.3 is 0 Å². The number of aliphatic hydroxyl groups excluding tert-OH is 1. The lowest BCUT2D eigenvalue weighted by atomic mass is 9.90. The molecule has 16 heavy (non-hydrogen) atoms. The second kappa shape index (κ2) is 5.15. The molecule has 2 rings (SSSR count). The molecule has 0 spiro atoms. The quantitative estimate of drug-likeness (QED) is 0.730. The maximum absolute atomic E-state index is 12.0. The SMILES string of the molecule is CN(C(=O)CC1CNC1)C1CCCCC1O. The molecule has 0 radical (unpaired) electrons. The maximum atomic E-state index is 12.0. The van der Waals surface area contributed by atoms with Crippen molar-refractivity contribution in [1.29, 1.82) is 0 Å². The van der Waals surface area contributed by atoms with Gasteiger partial charge in [0.25, 0.3) is 0 Å². The Morgan fingerprint density at radius 3 is 2.62 bits per heavy atom. The van der Waals surface area contributed by atoms with Crippen LogP contribution in [0.1, 0.15) is 32.1 Å². The van der Waals surface area contributed by atoms with Crippen molar-refractivity contribution in [2.24, 2.45) is 5.92 Å². The second-order valence-corrected chi connectivity index (χ2v) is 5.15. The molecule has 1 aliphatic heterocycles. The fourth-order valence-corrected chi connectivity index (χ4v) is 2.61. The molecule has 2 N–H and O–H groups in total. The highest BCUT2D eigenvalue weighted by Gasteiger charge is 2.31. The number of aliphatic hydroxyl groups is 1. The summed E-state index contributed by atoms with van der Waals surface area (Å²) in [5, 5.41) is 13.1. The molecule has 92 valence electrons. The van der Waals surface area contributed by atoms with Crippen molar-refractivity contribution in [1.82, 2.24) is 10.2 Å². The van der Waals surface area contributed by atoms with E-state index in [0.717, 1.165) is 38.8 Å². The minimum Gasteiger partial charge on any atom is -0.391 e. The minimum absolute atomic E-state index is 0.0503. The Morgan fingerprint density at radius 2 is 2.06 bits per heavy atom. The number of nitrogens with zero attached hydrogens (tertiary/aromatic N) is 1. The second-order valence-electron chi connectivity index (χ2n) is 5.15. The number of likely N-dealkylation sites (N-methyl/N-ethyl adjacent to an activating group) is 1. The predicted octanol–water partition coefficient (Wildman–Crippen LogP) is 0.358. The Balaban J connectivity index is 1.84. The molecule has 1 saturated heterocycles. The Labute approximate surface area is 97.0 Å². The first-order valence-electron chi connectivity index (χ1n) is 6.33. The standard InChI is InChI=1S/C12H22N2O2/c1-14(10-4-2-3-5-11(10)15)12(16)6-9-7-13-8-9/h9-11,13,15H,2-8H2,1H3. The van der Waals surface area contributed by atoms with E-state index in [2.05, 4.69) is 5.32 Å². The van der Waals surface area contributed by atoms with Crippen molar-refractivity contribution < 1.29 is 9.90 Å². The van der Waals surface area contributed by atoms with Gasteiger partial charge in [0, 0.05) is 13.5 Å². The third-order valence-electron chi connectivity index (χ3n) is 3.91. The maximum Gasteiger partial charge on any atom is 0.223 e. The molecule has 2 unspecified atom stereocenters. The fourth-order valence-electron chi connectivity index (χ4n) is 2.61. The third kappa shape index (κ3) is 2.55. The van der Waals surface area contributed by atoms with Gasteiger partial charge in [0.05, 0.1) is 12.1 Å². The number of hydrogen-bond acceptors (Lipinski definition) is 3. The normalized spacial score (nSPS) is 30.9. The minimum atomic E-state index is -0.317. The highest BCUT2D eigenvalue weighted by molar-refractivity contribution is 5.76. The lowest BCUT2D eigenvalue weighted by Crippen LogP contribution is -2.49. The van der Waals surface area contributed by atoms with E-state index in [4.69, 9.17) is 0 Å². The van der Waals surface area contributed by atoms with Crippen LogP contribution in [0.5, 0.6) is 0 Å². The molecule has 4 heteroatoms. The molecule has 0 aromatic carbocycles. The van der Waals surface area contributed by atoms with Crippen LogP contribution in [0.25, 0.3) is 0 Å². The number of hydrogen-bond donors (Lipinski definition) is 2. The fraction of sp³-hybridized carbons (Fsp3) is 0.917. The largest absolute Gasteiger partial charge is 0.391 e. The predicted molar refractivity (Wildman–Crippen MR) is 62.0 cm³/mol. The number of nitrogens with one attached hydrogen (secondary N) is 1. The van der Waals surface area contributed by atoms with Crippen LogP contribution in [-0.2, 0) is 4.79 Å². The van der Waals surface area contributed by atoms with Crippen molar-refractivity contribution in [2.75, 3.05) is 20.1 Å². The van der Waals surface area contributed by atoms with Gasteiger partial charge in [0.1, 0.15) is 0 Å². The van der Waals surface area contributed by atoms with E-state index in [1.165, 1.54) is 0 Å². The number of carbonyl (C=O) groups is 1. The van der Waals surface area contributed by atoms with Crippen LogP contribution in [0.4, 0.5) is 0 Å². The lowest BCUT2D eigenvalue weighted by Gasteiger charge is -2.37. The molecule has 4 nitrogen and oxygen atoms in total. The van der Waals surface area contributed by atoms with Crippen LogP contribution < -0.4 is 5.32 Å². The molecule has 1 heterocycles. The smallest absolute Gasteiger partial charge is 0.223 e. The van der Waals surface area contributed by atoms with E-state index in [-0.39, 0.29) is 18.1 Å². The van der Waals surface area contributed by atoms with Gasteiger partial charge in [0.2, 0.25) is 5.91 Å². The van der Waals surface area contributed by atoms with Crippen LogP contribution in [0, 0.1) is 5.92 Å². The zero-order chi connectivity index (χ0) is 11.5. The number of amides is 1. The molecule has 1 amide bonds. The molecule has 1 aliphatic carbocycles. The zero-order valence-corrected chi connectivity index (χ0v) is 9.98. The van der Waals surface area contributed by atoms with Crippen LogP contribution in [0.3, 0.4) is 0 Å². The molecule has 2 atom stereocenters. The zero-order valence-electron chi connectivity index (χ0n) is 9.98. The van der Waals surface area contributed by atoms with Gasteiger partial charge in [-0.05, 0) is 31.8 Å². The van der Waals surface area contributed by atoms with Gasteiger partial charge in [-0.15, -0.1) is 0 Å². The van der Waals surface area contributed by atoms with E-state index in [1.54, 1.807) is 4.90 Å². The first-order chi connectivity index (χ1) is 7.68.